The Kier molecular flexibility index (Phi) is 22.0. The van der Waals surface area contributed by atoms with E-state index in [1.165, 1.54) is 83.5 Å². The van der Waals surface area contributed by atoms with E-state index >= 15 is 0 Å². The number of amides is 2. The lowest BCUT2D eigenvalue weighted by molar-refractivity contribution is -0.148. The lowest BCUT2D eigenvalue weighted by Gasteiger charge is -2.19. The van der Waals surface area contributed by atoms with Gasteiger partial charge in [-0.3, -0.25) is 9.59 Å². The maximum Gasteiger partial charge on any atom is 0.328 e. The number of ether oxygens (including phenoxy) is 1. The van der Waals surface area contributed by atoms with Gasteiger partial charge in [0.15, 0.2) is 0 Å². The lowest BCUT2D eigenvalue weighted by atomic mass is 10.0. The molecule has 34 heavy (non-hydrogen) atoms. The van der Waals surface area contributed by atoms with Gasteiger partial charge in [0.1, 0.15) is 12.1 Å². The van der Waals surface area contributed by atoms with Crippen molar-refractivity contribution in [3.8, 4) is 0 Å². The molecule has 0 aromatic heterocycles. The standard InChI is InChI=1S/C26H51N3O5/c1-2-3-4-5-6-7-8-9-10-11-12-13-14-15-16-17-20-34-26(33)23(18-19-24(28)31)29-25(32)22(27)21-30/h22-23,30H,2-21,27H2,1H3,(H2,28,31)(H,29,32)/t22-,23+/m1/s1. The average Bonchev–Trinajstić information content (AvgIpc) is 2.82. The number of unbranched alkanes of at least 4 members (excludes halogenated alkanes) is 15. The molecule has 0 saturated carbocycles. The van der Waals surface area contributed by atoms with E-state index in [2.05, 4.69) is 12.2 Å². The molecule has 0 rings (SSSR count). The molecule has 0 bridgehead atoms. The number of primary amides is 1. The molecule has 0 radical (unpaired) electrons. The molecule has 0 spiro atoms. The van der Waals surface area contributed by atoms with Gasteiger partial charge in [-0.1, -0.05) is 103 Å². The molecule has 200 valence electrons. The normalized spacial score (nSPS) is 12.8. The van der Waals surface area contributed by atoms with E-state index in [4.69, 9.17) is 21.3 Å². The molecule has 0 fully saturated rings. The molecule has 8 heteroatoms. The first kappa shape index (κ1) is 32.3. The van der Waals surface area contributed by atoms with Crippen molar-refractivity contribution in [2.45, 2.75) is 135 Å². The summed E-state index contributed by atoms with van der Waals surface area (Å²) >= 11 is 0. The average molecular weight is 486 g/mol. The minimum atomic E-state index is -1.14. The molecule has 6 N–H and O–H groups in total. The highest BCUT2D eigenvalue weighted by Crippen LogP contribution is 2.13. The largest absolute Gasteiger partial charge is 0.464 e. The summed E-state index contributed by atoms with van der Waals surface area (Å²) < 4.78 is 5.26. The third-order valence-corrected chi connectivity index (χ3v) is 6.06. The van der Waals surface area contributed by atoms with E-state index in [1.807, 2.05) is 0 Å². The Morgan fingerprint density at radius 2 is 1.24 bits per heavy atom. The fraction of sp³-hybridized carbons (Fsp3) is 0.885. The molecule has 0 heterocycles. The summed E-state index contributed by atoms with van der Waals surface area (Å²) in [5, 5.41) is 11.4. The van der Waals surface area contributed by atoms with Crippen molar-refractivity contribution in [3.63, 3.8) is 0 Å². The number of nitrogens with one attached hydrogen (secondary N) is 1. The van der Waals surface area contributed by atoms with Crippen molar-refractivity contribution in [1.29, 1.82) is 0 Å². The fourth-order valence-electron chi connectivity index (χ4n) is 3.82. The SMILES string of the molecule is CCCCCCCCCCCCCCCCCCOC(=O)[C@H](CCC(N)=O)NC(=O)[C@H](N)CO. The molecular weight excluding hydrogens is 434 g/mol. The Bertz CT molecular complexity index is 531. The van der Waals surface area contributed by atoms with Crippen LogP contribution in [0.1, 0.15) is 122 Å². The van der Waals surface area contributed by atoms with Gasteiger partial charge in [-0.25, -0.2) is 4.79 Å². The molecule has 0 aliphatic heterocycles. The number of rotatable bonds is 24. The zero-order valence-corrected chi connectivity index (χ0v) is 21.5. The first-order valence-electron chi connectivity index (χ1n) is 13.5. The molecular formula is C26H51N3O5. The Balaban J connectivity index is 3.72. The molecule has 0 unspecified atom stereocenters. The predicted octanol–water partition coefficient (Wildman–Crippen LogP) is 3.86. The first-order chi connectivity index (χ1) is 16.4. The molecule has 2 atom stereocenters. The number of hydrogen-bond acceptors (Lipinski definition) is 6. The van der Waals surface area contributed by atoms with E-state index < -0.39 is 36.5 Å². The molecule has 0 saturated heterocycles. The summed E-state index contributed by atoms with van der Waals surface area (Å²) in [6.45, 7) is 1.99. The Morgan fingerprint density at radius 1 is 0.794 bits per heavy atom. The van der Waals surface area contributed by atoms with Crippen LogP contribution in [0.25, 0.3) is 0 Å². The fourth-order valence-corrected chi connectivity index (χ4v) is 3.82. The van der Waals surface area contributed by atoms with E-state index in [-0.39, 0.29) is 19.4 Å². The maximum absolute atomic E-state index is 12.3. The van der Waals surface area contributed by atoms with Crippen molar-refractivity contribution < 1.29 is 24.2 Å². The van der Waals surface area contributed by atoms with Gasteiger partial charge in [0.2, 0.25) is 11.8 Å². The first-order valence-corrected chi connectivity index (χ1v) is 13.5. The molecule has 2 amide bonds. The van der Waals surface area contributed by atoms with Crippen LogP contribution in [0, 0.1) is 0 Å². The summed E-state index contributed by atoms with van der Waals surface area (Å²) in [7, 11) is 0. The molecule has 0 aliphatic rings. The summed E-state index contributed by atoms with van der Waals surface area (Å²) in [5.74, 6) is -1.85. The summed E-state index contributed by atoms with van der Waals surface area (Å²) in [5.41, 5.74) is 10.6. The van der Waals surface area contributed by atoms with Crippen LogP contribution < -0.4 is 16.8 Å². The van der Waals surface area contributed by atoms with Crippen LogP contribution in [0.3, 0.4) is 0 Å². The monoisotopic (exact) mass is 485 g/mol. The van der Waals surface area contributed by atoms with Gasteiger partial charge < -0.3 is 26.6 Å². The van der Waals surface area contributed by atoms with Crippen LogP contribution in [0.15, 0.2) is 0 Å². The maximum atomic E-state index is 12.3. The second kappa shape index (κ2) is 23.1. The van der Waals surface area contributed by atoms with E-state index in [1.54, 1.807) is 0 Å². The highest BCUT2D eigenvalue weighted by Gasteiger charge is 2.25. The molecule has 8 nitrogen and oxygen atoms in total. The number of carbonyl (C=O) groups excluding carboxylic acids is 3. The predicted molar refractivity (Wildman–Crippen MR) is 136 cm³/mol. The van der Waals surface area contributed by atoms with Crippen LogP contribution >= 0.6 is 0 Å². The van der Waals surface area contributed by atoms with Crippen LogP contribution in [0.2, 0.25) is 0 Å². The minimum absolute atomic E-state index is 0.0387. The van der Waals surface area contributed by atoms with Crippen molar-refractivity contribution in [1.82, 2.24) is 5.32 Å². The minimum Gasteiger partial charge on any atom is -0.464 e. The molecule has 0 aromatic carbocycles. The second-order valence-corrected chi connectivity index (χ2v) is 9.33. The molecule has 0 aromatic rings. The second-order valence-electron chi connectivity index (χ2n) is 9.33. The van der Waals surface area contributed by atoms with Gasteiger partial charge in [0.25, 0.3) is 0 Å². The zero-order valence-electron chi connectivity index (χ0n) is 21.5. The Labute approximate surface area is 206 Å². The quantitative estimate of drug-likeness (QED) is 0.121. The zero-order chi connectivity index (χ0) is 25.4. The summed E-state index contributed by atoms with van der Waals surface area (Å²) in [6.07, 6.45) is 20.3. The van der Waals surface area contributed by atoms with Gasteiger partial charge >= 0.3 is 5.97 Å². The van der Waals surface area contributed by atoms with Crippen LogP contribution in [0.4, 0.5) is 0 Å². The van der Waals surface area contributed by atoms with Gasteiger partial charge in [0.05, 0.1) is 13.2 Å². The van der Waals surface area contributed by atoms with Crippen molar-refractivity contribution in [2.24, 2.45) is 11.5 Å². The van der Waals surface area contributed by atoms with E-state index in [0.29, 0.717) is 0 Å². The van der Waals surface area contributed by atoms with Crippen molar-refractivity contribution in [3.05, 3.63) is 0 Å². The number of nitrogens with two attached hydrogens (primary N) is 2. The highest BCUT2D eigenvalue weighted by atomic mass is 16.5. The highest BCUT2D eigenvalue weighted by molar-refractivity contribution is 5.87. The number of aliphatic hydroxyl groups is 1. The lowest BCUT2D eigenvalue weighted by Crippen LogP contribution is -2.50. The topological polar surface area (TPSA) is 145 Å². The van der Waals surface area contributed by atoms with Crippen LogP contribution in [-0.2, 0) is 19.1 Å². The van der Waals surface area contributed by atoms with E-state index in [9.17, 15) is 14.4 Å². The molecule has 0 aliphatic carbocycles. The van der Waals surface area contributed by atoms with Crippen LogP contribution in [0.5, 0.6) is 0 Å². The number of esters is 1. The smallest absolute Gasteiger partial charge is 0.328 e. The third-order valence-electron chi connectivity index (χ3n) is 6.06. The Morgan fingerprint density at radius 3 is 1.65 bits per heavy atom. The van der Waals surface area contributed by atoms with Gasteiger partial charge in [-0.15, -0.1) is 0 Å². The van der Waals surface area contributed by atoms with Gasteiger partial charge in [-0.05, 0) is 12.8 Å². The third kappa shape index (κ3) is 19.8. The Hall–Kier alpha value is -1.67. The number of aliphatic hydroxyl groups excluding tert-OH is 1. The number of hydrogen-bond donors (Lipinski definition) is 4. The van der Waals surface area contributed by atoms with Crippen molar-refractivity contribution in [2.75, 3.05) is 13.2 Å². The number of carbonyl (C=O) groups is 3. The van der Waals surface area contributed by atoms with Gasteiger partial charge in [-0.2, -0.15) is 0 Å². The van der Waals surface area contributed by atoms with Crippen LogP contribution in [-0.4, -0.2) is 48.2 Å². The van der Waals surface area contributed by atoms with Crippen molar-refractivity contribution >= 4 is 17.8 Å². The summed E-state index contributed by atoms with van der Waals surface area (Å²) in [4.78, 5) is 35.1. The van der Waals surface area contributed by atoms with Gasteiger partial charge in [0, 0.05) is 6.42 Å². The van der Waals surface area contributed by atoms with E-state index in [0.717, 1.165) is 19.3 Å². The summed E-state index contributed by atoms with van der Waals surface area (Å²) in [6, 6.07) is -2.14.